The molecular weight excluding hydrogens is 381 g/mol. The van der Waals surface area contributed by atoms with E-state index < -0.39 is 11.7 Å². The Morgan fingerprint density at radius 3 is 2.52 bits per heavy atom. The van der Waals surface area contributed by atoms with E-state index in [1.54, 1.807) is 18.2 Å². The number of rotatable bonds is 5. The molecular formula is C18H14ClF3N4O. The first kappa shape index (κ1) is 18.8. The number of benzene rings is 2. The van der Waals surface area contributed by atoms with Crippen molar-refractivity contribution in [3.63, 3.8) is 0 Å². The second-order valence-electron chi connectivity index (χ2n) is 5.40. The van der Waals surface area contributed by atoms with Crippen LogP contribution in [0.5, 0.6) is 5.75 Å². The minimum Gasteiger partial charge on any atom is -0.495 e. The van der Waals surface area contributed by atoms with Gasteiger partial charge in [-0.25, -0.2) is 4.98 Å². The molecule has 0 aliphatic carbocycles. The maximum atomic E-state index is 13.2. The maximum absolute atomic E-state index is 13.2. The van der Waals surface area contributed by atoms with Gasteiger partial charge in [-0.05, 0) is 36.4 Å². The number of anilines is 4. The molecule has 0 aliphatic heterocycles. The number of nitrogens with zero attached hydrogens (tertiary/aromatic N) is 2. The number of hydrogen-bond donors (Lipinski definition) is 2. The van der Waals surface area contributed by atoms with Crippen LogP contribution in [0.4, 0.5) is 36.3 Å². The zero-order valence-electron chi connectivity index (χ0n) is 14.0. The van der Waals surface area contributed by atoms with Gasteiger partial charge in [0, 0.05) is 11.2 Å². The average Bonchev–Trinajstić information content (AvgIpc) is 2.63. The lowest BCUT2D eigenvalue weighted by Gasteiger charge is -2.15. The molecule has 0 amide bonds. The number of alkyl halides is 3. The zero-order valence-corrected chi connectivity index (χ0v) is 14.8. The third-order valence-corrected chi connectivity index (χ3v) is 3.79. The van der Waals surface area contributed by atoms with Crippen molar-refractivity contribution in [2.45, 2.75) is 6.18 Å². The van der Waals surface area contributed by atoms with Gasteiger partial charge in [-0.3, -0.25) is 0 Å². The lowest BCUT2D eigenvalue weighted by Crippen LogP contribution is -2.09. The highest BCUT2D eigenvalue weighted by Gasteiger charge is 2.34. The number of methoxy groups -OCH3 is 1. The predicted octanol–water partition coefficient (Wildman–Crippen LogP) is 5.64. The van der Waals surface area contributed by atoms with Gasteiger partial charge in [0.15, 0.2) is 0 Å². The minimum atomic E-state index is -4.56. The fourth-order valence-corrected chi connectivity index (χ4v) is 2.53. The van der Waals surface area contributed by atoms with Crippen LogP contribution in [0, 0.1) is 0 Å². The highest BCUT2D eigenvalue weighted by atomic mass is 35.5. The predicted molar refractivity (Wildman–Crippen MR) is 98.0 cm³/mol. The van der Waals surface area contributed by atoms with Crippen molar-refractivity contribution < 1.29 is 17.9 Å². The van der Waals surface area contributed by atoms with E-state index in [0.29, 0.717) is 11.4 Å². The van der Waals surface area contributed by atoms with Crippen molar-refractivity contribution in [2.24, 2.45) is 0 Å². The van der Waals surface area contributed by atoms with Crippen LogP contribution in [-0.4, -0.2) is 17.1 Å². The van der Waals surface area contributed by atoms with Gasteiger partial charge in [0.25, 0.3) is 0 Å². The van der Waals surface area contributed by atoms with E-state index >= 15 is 0 Å². The summed E-state index contributed by atoms with van der Waals surface area (Å²) < 4.78 is 44.9. The Labute approximate surface area is 158 Å². The van der Waals surface area contributed by atoms with Crippen molar-refractivity contribution >= 4 is 34.7 Å². The summed E-state index contributed by atoms with van der Waals surface area (Å²) in [6.45, 7) is 0. The third kappa shape index (κ3) is 4.59. The first-order valence-corrected chi connectivity index (χ1v) is 8.11. The van der Waals surface area contributed by atoms with Crippen molar-refractivity contribution in [1.82, 2.24) is 9.97 Å². The Balaban J connectivity index is 1.87. The monoisotopic (exact) mass is 394 g/mol. The molecule has 0 saturated carbocycles. The summed E-state index contributed by atoms with van der Waals surface area (Å²) in [6, 6.07) is 12.1. The topological polar surface area (TPSA) is 59.1 Å². The molecule has 2 aromatic carbocycles. The van der Waals surface area contributed by atoms with Crippen molar-refractivity contribution in [3.05, 3.63) is 65.3 Å². The summed E-state index contributed by atoms with van der Waals surface area (Å²) in [5, 5.41) is 5.63. The number of aromatic nitrogens is 2. The van der Waals surface area contributed by atoms with E-state index in [4.69, 9.17) is 16.3 Å². The lowest BCUT2D eigenvalue weighted by atomic mass is 10.1. The summed E-state index contributed by atoms with van der Waals surface area (Å²) in [4.78, 5) is 8.27. The standard InChI is InChI=1S/C18H14ClF3N4O/c1-27-15-5-3-2-4-14(15)25-17-23-9-8-16(26-17)24-13-7-6-11(19)10-12(13)18(20,21)22/h2-10H,1H3,(H2,23,24,25,26). The number of nitrogens with one attached hydrogen (secondary N) is 2. The molecule has 0 spiro atoms. The second kappa shape index (κ2) is 7.71. The van der Waals surface area contributed by atoms with Crippen LogP contribution in [-0.2, 0) is 6.18 Å². The van der Waals surface area contributed by atoms with Gasteiger partial charge in [0.05, 0.1) is 24.0 Å². The number of hydrogen-bond acceptors (Lipinski definition) is 5. The molecule has 1 aromatic heterocycles. The summed E-state index contributed by atoms with van der Waals surface area (Å²) in [5.74, 6) is 0.971. The minimum absolute atomic E-state index is 0.00547. The van der Waals surface area contributed by atoms with Gasteiger partial charge < -0.3 is 15.4 Å². The van der Waals surface area contributed by atoms with Crippen LogP contribution < -0.4 is 15.4 Å². The summed E-state index contributed by atoms with van der Waals surface area (Å²) >= 11 is 5.69. The molecule has 0 atom stereocenters. The van der Waals surface area contributed by atoms with Crippen LogP contribution in [0.25, 0.3) is 0 Å². The molecule has 27 heavy (non-hydrogen) atoms. The Bertz CT molecular complexity index is 950. The van der Waals surface area contributed by atoms with Gasteiger partial charge in [-0.1, -0.05) is 23.7 Å². The maximum Gasteiger partial charge on any atom is 0.418 e. The van der Waals surface area contributed by atoms with E-state index in [1.165, 1.54) is 31.5 Å². The van der Waals surface area contributed by atoms with Crippen LogP contribution in [0.3, 0.4) is 0 Å². The van der Waals surface area contributed by atoms with Crippen LogP contribution in [0.1, 0.15) is 5.56 Å². The van der Waals surface area contributed by atoms with Crippen LogP contribution in [0.15, 0.2) is 54.7 Å². The number of ether oxygens (including phenoxy) is 1. The Hall–Kier alpha value is -3.00. The van der Waals surface area contributed by atoms with Gasteiger partial charge in [-0.2, -0.15) is 18.2 Å². The normalized spacial score (nSPS) is 11.1. The molecule has 0 saturated heterocycles. The SMILES string of the molecule is COc1ccccc1Nc1nccc(Nc2ccc(Cl)cc2C(F)(F)F)n1. The van der Waals surface area contributed by atoms with E-state index in [-0.39, 0.29) is 22.5 Å². The lowest BCUT2D eigenvalue weighted by molar-refractivity contribution is -0.136. The van der Waals surface area contributed by atoms with E-state index in [2.05, 4.69) is 20.6 Å². The van der Waals surface area contributed by atoms with Gasteiger partial charge in [0.2, 0.25) is 5.95 Å². The fourth-order valence-electron chi connectivity index (χ4n) is 2.35. The molecule has 3 rings (SSSR count). The van der Waals surface area contributed by atoms with Gasteiger partial charge in [-0.15, -0.1) is 0 Å². The summed E-state index contributed by atoms with van der Waals surface area (Å²) in [5.41, 5.74) is -0.415. The molecule has 5 nitrogen and oxygen atoms in total. The molecule has 2 N–H and O–H groups in total. The second-order valence-corrected chi connectivity index (χ2v) is 5.84. The Morgan fingerprint density at radius 1 is 1.00 bits per heavy atom. The summed E-state index contributed by atoms with van der Waals surface area (Å²) in [7, 11) is 1.53. The van der Waals surface area contributed by atoms with Crippen LogP contribution in [0.2, 0.25) is 5.02 Å². The zero-order chi connectivity index (χ0) is 19.4. The average molecular weight is 395 g/mol. The van der Waals surface area contributed by atoms with Gasteiger partial charge >= 0.3 is 6.18 Å². The van der Waals surface area contributed by atoms with Crippen molar-refractivity contribution in [2.75, 3.05) is 17.7 Å². The Kier molecular flexibility index (Phi) is 5.36. The first-order valence-electron chi connectivity index (χ1n) is 7.73. The number of halogens is 4. The molecule has 3 aromatic rings. The third-order valence-electron chi connectivity index (χ3n) is 3.56. The van der Waals surface area contributed by atoms with Crippen molar-refractivity contribution in [3.8, 4) is 5.75 Å². The molecule has 0 aliphatic rings. The fraction of sp³-hybridized carbons (Fsp3) is 0.111. The largest absolute Gasteiger partial charge is 0.495 e. The van der Waals surface area contributed by atoms with E-state index in [1.807, 2.05) is 6.07 Å². The molecule has 9 heteroatoms. The van der Waals surface area contributed by atoms with Crippen LogP contribution >= 0.6 is 11.6 Å². The van der Waals surface area contributed by atoms with E-state index in [9.17, 15) is 13.2 Å². The van der Waals surface area contributed by atoms with Crippen molar-refractivity contribution in [1.29, 1.82) is 0 Å². The smallest absolute Gasteiger partial charge is 0.418 e. The molecule has 1 heterocycles. The molecule has 140 valence electrons. The highest BCUT2D eigenvalue weighted by Crippen LogP contribution is 2.37. The molecule has 0 fully saturated rings. The highest BCUT2D eigenvalue weighted by molar-refractivity contribution is 6.30. The van der Waals surface area contributed by atoms with Gasteiger partial charge in [0.1, 0.15) is 11.6 Å². The molecule has 0 bridgehead atoms. The Morgan fingerprint density at radius 2 is 1.78 bits per heavy atom. The molecule has 0 unspecified atom stereocenters. The number of para-hydroxylation sites is 2. The molecule has 0 radical (unpaired) electrons. The summed E-state index contributed by atoms with van der Waals surface area (Å²) in [6.07, 6.45) is -3.13. The quantitative estimate of drug-likeness (QED) is 0.586. The van der Waals surface area contributed by atoms with E-state index in [0.717, 1.165) is 6.07 Å². The first-order chi connectivity index (χ1) is 12.9.